The number of benzene rings is 2. The molecule has 0 atom stereocenters. The molecule has 0 amide bonds. The van der Waals surface area contributed by atoms with Crippen LogP contribution in [0.25, 0.3) is 0 Å². The normalized spacial score (nSPS) is 14.0. The molecule has 0 spiro atoms. The molecule has 7 nitrogen and oxygen atoms in total. The van der Waals surface area contributed by atoms with E-state index in [2.05, 4.69) is 48.6 Å². The quantitative estimate of drug-likeness (QED) is 0.273. The maximum Gasteiger partial charge on any atom is 0.229 e. The smallest absolute Gasteiger partial charge is 0.229 e. The Labute approximate surface area is 200 Å². The SMILES string of the molecule is Cc1cc(N=Nc2ccc(N3CCCC3)s2)ccc1Nc1ccc(N=Nc2nccs2)cc1. The zero-order valence-electron chi connectivity index (χ0n) is 18.2. The Morgan fingerprint density at radius 2 is 1.67 bits per heavy atom. The Balaban J connectivity index is 1.21. The molecule has 4 aromatic rings. The van der Waals surface area contributed by atoms with Gasteiger partial charge in [-0.3, -0.25) is 0 Å². The molecule has 166 valence electrons. The first-order chi connectivity index (χ1) is 16.2. The Hall–Kier alpha value is -3.43. The Morgan fingerprint density at radius 3 is 2.42 bits per heavy atom. The first-order valence-electron chi connectivity index (χ1n) is 10.8. The molecular weight excluding hydrogens is 450 g/mol. The van der Waals surface area contributed by atoms with Crippen LogP contribution in [0, 0.1) is 6.92 Å². The van der Waals surface area contributed by atoms with Gasteiger partial charge in [0.2, 0.25) is 5.13 Å². The van der Waals surface area contributed by atoms with Gasteiger partial charge < -0.3 is 10.2 Å². The average molecular weight is 474 g/mol. The van der Waals surface area contributed by atoms with Crippen molar-refractivity contribution in [3.8, 4) is 0 Å². The van der Waals surface area contributed by atoms with Crippen molar-refractivity contribution in [2.75, 3.05) is 23.3 Å². The van der Waals surface area contributed by atoms with E-state index in [1.54, 1.807) is 17.5 Å². The molecule has 1 aliphatic heterocycles. The van der Waals surface area contributed by atoms with Gasteiger partial charge in [0, 0.05) is 36.0 Å². The molecular formula is C24H23N7S2. The van der Waals surface area contributed by atoms with Crippen molar-refractivity contribution in [1.82, 2.24) is 4.98 Å². The molecule has 2 aromatic heterocycles. The molecule has 1 saturated heterocycles. The fourth-order valence-electron chi connectivity index (χ4n) is 3.57. The third kappa shape index (κ3) is 5.50. The fraction of sp³-hybridized carbons (Fsp3) is 0.208. The predicted molar refractivity (Wildman–Crippen MR) is 137 cm³/mol. The summed E-state index contributed by atoms with van der Waals surface area (Å²) < 4.78 is 0. The molecule has 0 bridgehead atoms. The van der Waals surface area contributed by atoms with Crippen LogP contribution in [0.5, 0.6) is 0 Å². The lowest BCUT2D eigenvalue weighted by atomic mass is 10.1. The molecule has 5 rings (SSSR count). The van der Waals surface area contributed by atoms with E-state index in [-0.39, 0.29) is 0 Å². The van der Waals surface area contributed by atoms with Crippen molar-refractivity contribution in [3.63, 3.8) is 0 Å². The van der Waals surface area contributed by atoms with Crippen molar-refractivity contribution in [2.45, 2.75) is 19.8 Å². The zero-order valence-corrected chi connectivity index (χ0v) is 19.8. The van der Waals surface area contributed by atoms with Crippen molar-refractivity contribution >= 4 is 60.6 Å². The van der Waals surface area contributed by atoms with Gasteiger partial charge >= 0.3 is 0 Å². The monoisotopic (exact) mass is 473 g/mol. The molecule has 9 heteroatoms. The highest BCUT2D eigenvalue weighted by Gasteiger charge is 2.14. The van der Waals surface area contributed by atoms with Crippen molar-refractivity contribution in [1.29, 1.82) is 0 Å². The van der Waals surface area contributed by atoms with Crippen molar-refractivity contribution in [3.05, 3.63) is 71.7 Å². The zero-order chi connectivity index (χ0) is 22.5. The maximum atomic E-state index is 4.44. The molecule has 2 aromatic carbocycles. The van der Waals surface area contributed by atoms with E-state index in [0.717, 1.165) is 46.4 Å². The second-order valence-electron chi connectivity index (χ2n) is 7.69. The lowest BCUT2D eigenvalue weighted by Gasteiger charge is -2.13. The Bertz CT molecular complexity index is 1250. The standard InChI is InChI=1S/C24H23N7S2/c1-17-16-20(28-29-22-10-11-23(33-22)31-13-2-3-14-31)8-9-21(17)26-18-4-6-19(7-5-18)27-30-24-25-12-15-32-24/h4-12,15-16,26H,2-3,13-14H2,1H3. The minimum atomic E-state index is 0.649. The number of anilines is 3. The lowest BCUT2D eigenvalue weighted by molar-refractivity contribution is 0.949. The van der Waals surface area contributed by atoms with Crippen LogP contribution in [0.15, 0.2) is 86.6 Å². The number of nitrogens with zero attached hydrogens (tertiary/aromatic N) is 6. The molecule has 1 aliphatic rings. The summed E-state index contributed by atoms with van der Waals surface area (Å²) in [5, 5.41) is 25.4. The number of thiophene rings is 1. The number of hydrogen-bond acceptors (Lipinski definition) is 9. The van der Waals surface area contributed by atoms with Crippen LogP contribution >= 0.6 is 22.7 Å². The molecule has 33 heavy (non-hydrogen) atoms. The number of aryl methyl sites for hydroxylation is 1. The molecule has 0 unspecified atom stereocenters. The number of hydrogen-bond donors (Lipinski definition) is 1. The summed E-state index contributed by atoms with van der Waals surface area (Å²) in [6, 6.07) is 18.1. The van der Waals surface area contributed by atoms with E-state index in [0.29, 0.717) is 5.13 Å². The minimum absolute atomic E-state index is 0.649. The third-order valence-corrected chi connectivity index (χ3v) is 6.97. The van der Waals surface area contributed by atoms with Crippen LogP contribution in [0.4, 0.5) is 37.9 Å². The van der Waals surface area contributed by atoms with Gasteiger partial charge in [0.1, 0.15) is 5.00 Å². The van der Waals surface area contributed by atoms with Crippen LogP contribution in [-0.4, -0.2) is 18.1 Å². The highest BCUT2D eigenvalue weighted by atomic mass is 32.1. The highest BCUT2D eigenvalue weighted by molar-refractivity contribution is 7.19. The number of nitrogens with one attached hydrogen (secondary N) is 1. The van der Waals surface area contributed by atoms with Crippen LogP contribution in [0.3, 0.4) is 0 Å². The molecule has 0 saturated carbocycles. The van der Waals surface area contributed by atoms with E-state index < -0.39 is 0 Å². The third-order valence-electron chi connectivity index (χ3n) is 5.29. The van der Waals surface area contributed by atoms with Gasteiger partial charge in [0.15, 0.2) is 0 Å². The molecule has 3 heterocycles. The summed E-state index contributed by atoms with van der Waals surface area (Å²) >= 11 is 3.16. The van der Waals surface area contributed by atoms with Gasteiger partial charge in [0.05, 0.1) is 16.4 Å². The topological polar surface area (TPSA) is 77.6 Å². The number of thiazole rings is 1. The summed E-state index contributed by atoms with van der Waals surface area (Å²) in [4.78, 5) is 6.52. The van der Waals surface area contributed by atoms with Gasteiger partial charge in [0.25, 0.3) is 0 Å². The first-order valence-corrected chi connectivity index (χ1v) is 12.5. The Morgan fingerprint density at radius 1 is 0.879 bits per heavy atom. The van der Waals surface area contributed by atoms with Gasteiger partial charge in [-0.15, -0.1) is 31.8 Å². The van der Waals surface area contributed by atoms with Crippen LogP contribution < -0.4 is 10.2 Å². The summed E-state index contributed by atoms with van der Waals surface area (Å²) in [5.41, 5.74) is 4.73. The van der Waals surface area contributed by atoms with Gasteiger partial charge in [-0.25, -0.2) is 4.98 Å². The fourth-order valence-corrected chi connectivity index (χ4v) is 4.90. The minimum Gasteiger partial charge on any atom is -0.363 e. The summed E-state index contributed by atoms with van der Waals surface area (Å²) in [7, 11) is 0. The van der Waals surface area contributed by atoms with Gasteiger partial charge in [-0.1, -0.05) is 11.3 Å². The van der Waals surface area contributed by atoms with Crippen LogP contribution in [0.1, 0.15) is 18.4 Å². The van der Waals surface area contributed by atoms with Crippen molar-refractivity contribution < 1.29 is 0 Å². The average Bonchev–Trinajstić information content (AvgIpc) is 3.61. The maximum absolute atomic E-state index is 4.44. The number of rotatable bonds is 7. The summed E-state index contributed by atoms with van der Waals surface area (Å²) in [6.07, 6.45) is 4.27. The summed E-state index contributed by atoms with van der Waals surface area (Å²) in [6.45, 7) is 4.35. The highest BCUT2D eigenvalue weighted by Crippen LogP contribution is 2.35. The number of aromatic nitrogens is 1. The second-order valence-corrected chi connectivity index (χ2v) is 9.61. The molecule has 1 fully saturated rings. The molecule has 1 N–H and O–H groups in total. The van der Waals surface area contributed by atoms with Crippen LogP contribution in [0.2, 0.25) is 0 Å². The lowest BCUT2D eigenvalue weighted by Crippen LogP contribution is -2.15. The molecule has 0 aliphatic carbocycles. The second kappa shape index (κ2) is 10.0. The largest absolute Gasteiger partial charge is 0.363 e. The van der Waals surface area contributed by atoms with Gasteiger partial charge in [-0.05, 0) is 79.9 Å². The van der Waals surface area contributed by atoms with Crippen molar-refractivity contribution in [2.24, 2.45) is 20.5 Å². The van der Waals surface area contributed by atoms with Crippen LogP contribution in [-0.2, 0) is 0 Å². The van der Waals surface area contributed by atoms with Gasteiger partial charge in [-0.2, -0.15) is 0 Å². The van der Waals surface area contributed by atoms with E-state index >= 15 is 0 Å². The predicted octanol–water partition coefficient (Wildman–Crippen LogP) is 8.69. The summed E-state index contributed by atoms with van der Waals surface area (Å²) in [5.74, 6) is 0. The van der Waals surface area contributed by atoms with E-state index in [1.165, 1.54) is 29.2 Å². The number of azo groups is 2. The first kappa shape index (κ1) is 21.4. The van der Waals surface area contributed by atoms with E-state index in [4.69, 9.17) is 0 Å². The Kier molecular flexibility index (Phi) is 6.50. The molecule has 0 radical (unpaired) electrons. The van der Waals surface area contributed by atoms with E-state index in [1.807, 2.05) is 53.9 Å². The van der Waals surface area contributed by atoms with E-state index in [9.17, 15) is 0 Å².